The van der Waals surface area contributed by atoms with Crippen LogP contribution in [0.15, 0.2) is 0 Å². The van der Waals surface area contributed by atoms with Gasteiger partial charge < -0.3 is 0 Å². The first-order chi connectivity index (χ1) is 21.6. The third-order valence-corrected chi connectivity index (χ3v) is 15.2. The quantitative estimate of drug-likeness (QED) is 0.297. The number of hydrogen-bond acceptors (Lipinski definition) is 1. The molecule has 4 atom stereocenters. The second kappa shape index (κ2) is 18.4. The molecule has 4 bridgehead atoms. The summed E-state index contributed by atoms with van der Waals surface area (Å²) in [6.45, 7) is 12.9. The van der Waals surface area contributed by atoms with Crippen LogP contribution in [0.2, 0.25) is 0 Å². The molecule has 6 saturated carbocycles. The van der Waals surface area contributed by atoms with Crippen LogP contribution in [0.25, 0.3) is 0 Å². The van der Waals surface area contributed by atoms with Crippen LogP contribution in [-0.4, -0.2) is 5.78 Å². The fraction of sp³-hybridized carbons (Fsp3) is 0.977. The van der Waals surface area contributed by atoms with Crippen LogP contribution >= 0.6 is 0 Å². The maximum absolute atomic E-state index is 13.9. The van der Waals surface area contributed by atoms with Gasteiger partial charge in [-0.05, 0) is 97.2 Å². The molecular weight excluding hydrogens is 544 g/mol. The van der Waals surface area contributed by atoms with Gasteiger partial charge in [-0.3, -0.25) is 4.79 Å². The summed E-state index contributed by atoms with van der Waals surface area (Å²) in [5.41, 5.74) is 1.20. The van der Waals surface area contributed by atoms with Crippen LogP contribution < -0.4 is 0 Å². The van der Waals surface area contributed by atoms with Gasteiger partial charge in [0.25, 0.3) is 0 Å². The van der Waals surface area contributed by atoms with Crippen molar-refractivity contribution in [2.45, 2.75) is 227 Å². The van der Waals surface area contributed by atoms with E-state index in [-0.39, 0.29) is 0 Å². The molecular formula is C44H80O. The lowest BCUT2D eigenvalue weighted by Crippen LogP contribution is -2.51. The molecule has 0 amide bonds. The van der Waals surface area contributed by atoms with Gasteiger partial charge in [0, 0.05) is 12.8 Å². The Kier molecular flexibility index (Phi) is 15.4. The molecule has 262 valence electrons. The highest BCUT2D eigenvalue weighted by Crippen LogP contribution is 2.63. The van der Waals surface area contributed by atoms with Crippen LogP contribution in [0.1, 0.15) is 227 Å². The van der Waals surface area contributed by atoms with Crippen molar-refractivity contribution in [3.05, 3.63) is 0 Å². The highest BCUT2D eigenvalue weighted by atomic mass is 16.1. The average molecular weight is 625 g/mol. The molecule has 0 aromatic carbocycles. The summed E-state index contributed by atoms with van der Waals surface area (Å²) >= 11 is 0. The molecule has 1 heteroatoms. The summed E-state index contributed by atoms with van der Waals surface area (Å²) in [4.78, 5) is 13.9. The third-order valence-electron chi connectivity index (χ3n) is 15.2. The number of fused-ring (bicyclic) bond motifs is 25. The zero-order valence-electron chi connectivity index (χ0n) is 31.5. The van der Waals surface area contributed by atoms with Crippen molar-refractivity contribution >= 4 is 5.78 Å². The van der Waals surface area contributed by atoms with E-state index in [0.717, 1.165) is 42.9 Å². The maximum Gasteiger partial charge on any atom is 0.133 e. The Balaban J connectivity index is 1.33. The van der Waals surface area contributed by atoms with Gasteiger partial charge in [-0.2, -0.15) is 0 Å². The van der Waals surface area contributed by atoms with Crippen LogP contribution in [0.5, 0.6) is 0 Å². The van der Waals surface area contributed by atoms with Crippen molar-refractivity contribution in [3.63, 3.8) is 0 Å². The monoisotopic (exact) mass is 625 g/mol. The van der Waals surface area contributed by atoms with Gasteiger partial charge in [0.05, 0.1) is 0 Å². The lowest BCUT2D eigenvalue weighted by molar-refractivity contribution is -0.128. The molecule has 6 rings (SSSR count). The van der Waals surface area contributed by atoms with E-state index in [1.54, 1.807) is 0 Å². The van der Waals surface area contributed by atoms with Crippen molar-refractivity contribution in [2.75, 3.05) is 0 Å². The SMILES string of the molecule is CC12CCC(CC1)C(C)(C)C2CCC(=O)CC1C2CCCCCCCCCCCCCCCCCCCCCC(CC2)C1(C)C. The van der Waals surface area contributed by atoms with Gasteiger partial charge in [-0.15, -0.1) is 0 Å². The summed E-state index contributed by atoms with van der Waals surface area (Å²) in [7, 11) is 0. The van der Waals surface area contributed by atoms with Crippen LogP contribution in [-0.2, 0) is 4.79 Å². The van der Waals surface area contributed by atoms with Crippen LogP contribution in [0.3, 0.4) is 0 Å². The van der Waals surface area contributed by atoms with Crippen LogP contribution in [0.4, 0.5) is 0 Å². The smallest absolute Gasteiger partial charge is 0.133 e. The second-order valence-electron chi connectivity index (χ2n) is 18.8. The van der Waals surface area contributed by atoms with Gasteiger partial charge in [0.1, 0.15) is 5.78 Å². The molecule has 6 fully saturated rings. The predicted octanol–water partition coefficient (Wildman–Crippen LogP) is 14.5. The van der Waals surface area contributed by atoms with Crippen molar-refractivity contribution in [1.82, 2.24) is 0 Å². The van der Waals surface area contributed by atoms with E-state index in [0.29, 0.717) is 27.9 Å². The van der Waals surface area contributed by atoms with E-state index in [4.69, 9.17) is 0 Å². The van der Waals surface area contributed by atoms with Gasteiger partial charge >= 0.3 is 0 Å². The van der Waals surface area contributed by atoms with E-state index in [9.17, 15) is 4.79 Å². The highest BCUT2D eigenvalue weighted by Gasteiger charge is 2.54. The summed E-state index contributed by atoms with van der Waals surface area (Å²) in [5.74, 6) is 4.42. The Morgan fingerprint density at radius 2 is 0.911 bits per heavy atom. The number of ketones is 1. The van der Waals surface area contributed by atoms with Gasteiger partial charge in [-0.1, -0.05) is 163 Å². The van der Waals surface area contributed by atoms with E-state index < -0.39 is 0 Å². The molecule has 0 aromatic heterocycles. The number of Topliss-reactive ketones (excluding diaryl/α,β-unsaturated/α-hetero) is 1. The average Bonchev–Trinajstić information content (AvgIpc) is 2.99. The molecule has 0 radical (unpaired) electrons. The minimum atomic E-state index is 0.306. The van der Waals surface area contributed by atoms with Gasteiger partial charge in [0.15, 0.2) is 0 Å². The standard InChI is InChI=1S/C44H80O/c1-42(2)37-26-24-22-20-18-16-14-12-10-8-6-7-9-11-13-15-17-19-21-23-25-36(27-28-37)40(42)35-39(45)29-30-41-43(3,4)38-31-33-44(41,5)34-32-38/h36-38,40-41H,6-35H2,1-5H3. The number of carbonyl (C=O) groups excluding carboxylic acids is 1. The first-order valence-electron chi connectivity index (χ1n) is 21.2. The lowest BCUT2D eigenvalue weighted by Gasteiger charge is -2.60. The fourth-order valence-electron chi connectivity index (χ4n) is 11.9. The fourth-order valence-corrected chi connectivity index (χ4v) is 11.9. The number of hydrogen-bond donors (Lipinski definition) is 0. The molecule has 0 N–H and O–H groups in total. The van der Waals surface area contributed by atoms with Crippen molar-refractivity contribution < 1.29 is 4.79 Å². The minimum Gasteiger partial charge on any atom is -0.300 e. The Labute approximate surface area is 283 Å². The summed E-state index contributed by atoms with van der Waals surface area (Å²) in [5, 5.41) is 0. The van der Waals surface area contributed by atoms with Crippen molar-refractivity contribution in [3.8, 4) is 0 Å². The molecule has 45 heavy (non-hydrogen) atoms. The molecule has 0 heterocycles. The predicted molar refractivity (Wildman–Crippen MR) is 197 cm³/mol. The first kappa shape index (κ1) is 37.5. The summed E-state index contributed by atoms with van der Waals surface area (Å²) in [6, 6.07) is 0. The van der Waals surface area contributed by atoms with Gasteiger partial charge in [-0.25, -0.2) is 0 Å². The molecule has 1 nitrogen and oxygen atoms in total. The van der Waals surface area contributed by atoms with E-state index in [2.05, 4.69) is 34.6 Å². The Morgan fingerprint density at radius 3 is 1.38 bits per heavy atom. The zero-order valence-corrected chi connectivity index (χ0v) is 31.5. The summed E-state index contributed by atoms with van der Waals surface area (Å²) < 4.78 is 0. The van der Waals surface area contributed by atoms with E-state index in [1.807, 2.05) is 0 Å². The van der Waals surface area contributed by atoms with Gasteiger partial charge in [0.2, 0.25) is 0 Å². The minimum absolute atomic E-state index is 0.306. The molecule has 6 aliphatic rings. The molecule has 4 unspecified atom stereocenters. The normalized spacial score (nSPS) is 36.5. The number of carbonyl (C=O) groups is 1. The van der Waals surface area contributed by atoms with Crippen molar-refractivity contribution in [1.29, 1.82) is 0 Å². The second-order valence-corrected chi connectivity index (χ2v) is 18.8. The molecule has 6 aliphatic carbocycles. The molecule has 0 spiro atoms. The third kappa shape index (κ3) is 10.8. The number of rotatable bonds is 5. The molecule has 0 aromatic rings. The van der Waals surface area contributed by atoms with E-state index >= 15 is 0 Å². The lowest BCUT2D eigenvalue weighted by atomic mass is 9.45. The topological polar surface area (TPSA) is 17.1 Å². The first-order valence-corrected chi connectivity index (χ1v) is 21.2. The molecule has 0 aliphatic heterocycles. The Bertz CT molecular complexity index is 819. The zero-order chi connectivity index (χ0) is 32.2. The summed E-state index contributed by atoms with van der Waals surface area (Å²) in [6.07, 6.45) is 41.7. The highest BCUT2D eigenvalue weighted by molar-refractivity contribution is 5.78. The van der Waals surface area contributed by atoms with E-state index in [1.165, 1.54) is 173 Å². The largest absolute Gasteiger partial charge is 0.300 e. The maximum atomic E-state index is 13.9. The van der Waals surface area contributed by atoms with Crippen LogP contribution in [0, 0.1) is 45.8 Å². The Hall–Kier alpha value is -0.330. The van der Waals surface area contributed by atoms with Crippen molar-refractivity contribution in [2.24, 2.45) is 45.8 Å². The molecule has 0 saturated heterocycles. The Morgan fingerprint density at radius 1 is 0.489 bits per heavy atom.